The molecule has 2 atom stereocenters. The van der Waals surface area contributed by atoms with E-state index in [2.05, 4.69) is 16.3 Å². The van der Waals surface area contributed by atoms with Crippen LogP contribution in [0.15, 0.2) is 16.5 Å². The quantitative estimate of drug-likeness (QED) is 0.857. The monoisotopic (exact) mass is 334 g/mol. The first-order chi connectivity index (χ1) is 11.5. The molecule has 1 aromatic heterocycles. The van der Waals surface area contributed by atoms with Gasteiger partial charge in [0, 0.05) is 33.2 Å². The Morgan fingerprint density at radius 2 is 2.17 bits per heavy atom. The van der Waals surface area contributed by atoms with Crippen molar-refractivity contribution in [3.63, 3.8) is 0 Å². The number of hydrogen-bond donors (Lipinski definition) is 1. The number of urea groups is 1. The molecule has 1 aliphatic rings. The number of ether oxygens (including phenoxy) is 1. The van der Waals surface area contributed by atoms with Crippen molar-refractivity contribution in [3.05, 3.63) is 23.7 Å². The van der Waals surface area contributed by atoms with Crippen molar-refractivity contribution >= 4 is 6.03 Å². The number of rotatable bonds is 6. The predicted octanol–water partition coefficient (Wildman–Crippen LogP) is 1.76. The van der Waals surface area contributed by atoms with E-state index in [4.69, 9.17) is 14.4 Å². The average Bonchev–Trinajstić information content (AvgIpc) is 3.01. The van der Waals surface area contributed by atoms with Crippen LogP contribution in [-0.4, -0.2) is 62.3 Å². The molecule has 2 rings (SSSR count). The lowest BCUT2D eigenvalue weighted by Gasteiger charge is -2.33. The Bertz CT molecular complexity index is 575. The van der Waals surface area contributed by atoms with Crippen LogP contribution in [0.3, 0.4) is 0 Å². The molecular formula is C17H26N4O3. The van der Waals surface area contributed by atoms with Gasteiger partial charge in [0.05, 0.1) is 31.2 Å². The summed E-state index contributed by atoms with van der Waals surface area (Å²) in [6, 6.07) is 5.83. The topological polar surface area (TPSA) is 81.7 Å². The van der Waals surface area contributed by atoms with Crippen LogP contribution >= 0.6 is 0 Å². The summed E-state index contributed by atoms with van der Waals surface area (Å²) >= 11 is 0. The zero-order chi connectivity index (χ0) is 17.5. The summed E-state index contributed by atoms with van der Waals surface area (Å²) < 4.78 is 11.2. The second kappa shape index (κ2) is 8.71. The first-order valence-electron chi connectivity index (χ1n) is 8.28. The number of amides is 2. The lowest BCUT2D eigenvalue weighted by atomic mass is 10.1. The van der Waals surface area contributed by atoms with Crippen molar-refractivity contribution in [3.8, 4) is 6.07 Å². The molecule has 0 saturated carbocycles. The Morgan fingerprint density at radius 3 is 2.75 bits per heavy atom. The molecule has 7 nitrogen and oxygen atoms in total. The molecule has 1 aromatic rings. The molecular weight excluding hydrogens is 308 g/mol. The smallest absolute Gasteiger partial charge is 0.317 e. The number of carbonyl (C=O) groups excluding carboxylic acids is 1. The van der Waals surface area contributed by atoms with Crippen LogP contribution < -0.4 is 5.32 Å². The molecule has 1 fully saturated rings. The standard InChI is InChI=1S/C17H26N4O3/c1-13(10-18)12-20(3)17(22)19-11-15(16-5-4-14(2)24-16)21-6-8-23-9-7-21/h4-5,13,15H,6-9,11-12H2,1-3H3,(H,19,22)/t13-,15-/m1/s1. The van der Waals surface area contributed by atoms with Crippen LogP contribution in [0.5, 0.6) is 0 Å². The molecule has 24 heavy (non-hydrogen) atoms. The highest BCUT2D eigenvalue weighted by molar-refractivity contribution is 5.73. The molecule has 1 saturated heterocycles. The second-order valence-corrected chi connectivity index (χ2v) is 6.21. The van der Waals surface area contributed by atoms with Crippen LogP contribution in [0.2, 0.25) is 0 Å². The van der Waals surface area contributed by atoms with E-state index >= 15 is 0 Å². The zero-order valence-electron chi connectivity index (χ0n) is 14.6. The van der Waals surface area contributed by atoms with Crippen LogP contribution in [0.1, 0.15) is 24.5 Å². The Balaban J connectivity index is 1.98. The number of morpholine rings is 1. The highest BCUT2D eigenvalue weighted by Crippen LogP contribution is 2.23. The maximum atomic E-state index is 12.2. The van der Waals surface area contributed by atoms with E-state index in [-0.39, 0.29) is 18.0 Å². The molecule has 132 valence electrons. The molecule has 1 aliphatic heterocycles. The second-order valence-electron chi connectivity index (χ2n) is 6.21. The molecule has 0 spiro atoms. The predicted molar refractivity (Wildman–Crippen MR) is 89.4 cm³/mol. The van der Waals surface area contributed by atoms with Crippen molar-refractivity contribution < 1.29 is 13.9 Å². The molecule has 2 heterocycles. The minimum Gasteiger partial charge on any atom is -0.465 e. The van der Waals surface area contributed by atoms with Gasteiger partial charge in [0.1, 0.15) is 11.5 Å². The van der Waals surface area contributed by atoms with Crippen LogP contribution in [0.25, 0.3) is 0 Å². The minimum atomic E-state index is -0.191. The lowest BCUT2D eigenvalue weighted by molar-refractivity contribution is 0.0119. The highest BCUT2D eigenvalue weighted by atomic mass is 16.5. The van der Waals surface area contributed by atoms with Gasteiger partial charge in [-0.15, -0.1) is 0 Å². The van der Waals surface area contributed by atoms with E-state index in [1.54, 1.807) is 14.0 Å². The third-order valence-corrected chi connectivity index (χ3v) is 4.14. The van der Waals surface area contributed by atoms with Crippen molar-refractivity contribution in [1.82, 2.24) is 15.1 Å². The summed E-state index contributed by atoms with van der Waals surface area (Å²) in [4.78, 5) is 16.1. The van der Waals surface area contributed by atoms with Crippen molar-refractivity contribution in [2.45, 2.75) is 19.9 Å². The third-order valence-electron chi connectivity index (χ3n) is 4.14. The van der Waals surface area contributed by atoms with Gasteiger partial charge in [-0.2, -0.15) is 5.26 Å². The van der Waals surface area contributed by atoms with Gasteiger partial charge in [0.2, 0.25) is 0 Å². The first kappa shape index (κ1) is 18.3. The van der Waals surface area contributed by atoms with Gasteiger partial charge in [-0.3, -0.25) is 4.90 Å². The molecule has 0 aliphatic carbocycles. The van der Waals surface area contributed by atoms with Crippen molar-refractivity contribution in [1.29, 1.82) is 5.26 Å². The van der Waals surface area contributed by atoms with Gasteiger partial charge in [-0.25, -0.2) is 4.79 Å². The SMILES string of the molecule is Cc1ccc([C@@H](CNC(=O)N(C)C[C@H](C)C#N)N2CCOCC2)o1. The van der Waals surface area contributed by atoms with E-state index < -0.39 is 0 Å². The highest BCUT2D eigenvalue weighted by Gasteiger charge is 2.26. The molecule has 0 bridgehead atoms. The zero-order valence-corrected chi connectivity index (χ0v) is 14.6. The number of nitrogens with zero attached hydrogens (tertiary/aromatic N) is 3. The van der Waals surface area contributed by atoms with E-state index in [9.17, 15) is 4.79 Å². The maximum Gasteiger partial charge on any atom is 0.317 e. The van der Waals surface area contributed by atoms with Crippen molar-refractivity contribution in [2.75, 3.05) is 46.4 Å². The largest absolute Gasteiger partial charge is 0.465 e. The molecule has 1 N–H and O–H groups in total. The van der Waals surface area contributed by atoms with Crippen LogP contribution in [0, 0.1) is 24.2 Å². The fourth-order valence-corrected chi connectivity index (χ4v) is 2.78. The van der Waals surface area contributed by atoms with E-state index in [1.807, 2.05) is 19.1 Å². The van der Waals surface area contributed by atoms with Crippen LogP contribution in [0.4, 0.5) is 4.79 Å². The lowest BCUT2D eigenvalue weighted by Crippen LogP contribution is -2.46. The average molecular weight is 334 g/mol. The number of aryl methyl sites for hydroxylation is 1. The number of nitriles is 1. The molecule has 2 amide bonds. The summed E-state index contributed by atoms with van der Waals surface area (Å²) in [7, 11) is 1.70. The number of nitrogens with one attached hydrogen (secondary N) is 1. The van der Waals surface area contributed by atoms with Gasteiger partial charge < -0.3 is 19.4 Å². The van der Waals surface area contributed by atoms with Gasteiger partial charge in [0.25, 0.3) is 0 Å². The summed E-state index contributed by atoms with van der Waals surface area (Å²) in [5.41, 5.74) is 0. The maximum absolute atomic E-state index is 12.2. The molecule has 0 radical (unpaired) electrons. The Morgan fingerprint density at radius 1 is 1.46 bits per heavy atom. The Kier molecular flexibility index (Phi) is 6.64. The number of hydrogen-bond acceptors (Lipinski definition) is 5. The third kappa shape index (κ3) is 4.98. The summed E-state index contributed by atoms with van der Waals surface area (Å²) in [6.07, 6.45) is 0. The number of furan rings is 1. The Hall–Kier alpha value is -2.04. The van der Waals surface area contributed by atoms with E-state index in [1.165, 1.54) is 4.90 Å². The van der Waals surface area contributed by atoms with Gasteiger partial charge in [-0.05, 0) is 26.0 Å². The van der Waals surface area contributed by atoms with Crippen LogP contribution in [-0.2, 0) is 4.74 Å². The molecule has 7 heteroatoms. The summed E-state index contributed by atoms with van der Waals surface area (Å²) in [5.74, 6) is 1.51. The van der Waals surface area contributed by atoms with E-state index in [0.29, 0.717) is 26.3 Å². The van der Waals surface area contributed by atoms with Gasteiger partial charge >= 0.3 is 6.03 Å². The first-order valence-corrected chi connectivity index (χ1v) is 8.28. The minimum absolute atomic E-state index is 0.0201. The van der Waals surface area contributed by atoms with Gasteiger partial charge in [-0.1, -0.05) is 0 Å². The molecule has 0 aromatic carbocycles. The normalized spacial score (nSPS) is 17.8. The van der Waals surface area contributed by atoms with E-state index in [0.717, 1.165) is 24.6 Å². The van der Waals surface area contributed by atoms with Gasteiger partial charge in [0.15, 0.2) is 0 Å². The summed E-state index contributed by atoms with van der Waals surface area (Å²) in [6.45, 7) is 7.56. The fraction of sp³-hybridized carbons (Fsp3) is 0.647. The number of carbonyl (C=O) groups is 1. The fourth-order valence-electron chi connectivity index (χ4n) is 2.78. The summed E-state index contributed by atoms with van der Waals surface area (Å²) in [5, 5.41) is 11.8. The Labute approximate surface area is 143 Å². The van der Waals surface area contributed by atoms with Crippen molar-refractivity contribution in [2.24, 2.45) is 5.92 Å². The molecule has 0 unspecified atom stereocenters.